The number of hydrogen-bond acceptors (Lipinski definition) is 6. The average Bonchev–Trinajstić information content (AvgIpc) is 3.28. The van der Waals surface area contributed by atoms with Crippen LogP contribution in [0.5, 0.6) is 17.2 Å². The van der Waals surface area contributed by atoms with Gasteiger partial charge < -0.3 is 29.3 Å². The first-order valence-electron chi connectivity index (χ1n) is 10.0. The van der Waals surface area contributed by atoms with Gasteiger partial charge in [0.05, 0.1) is 21.3 Å². The molecule has 0 saturated heterocycles. The largest absolute Gasteiger partial charge is 0.493 e. The van der Waals surface area contributed by atoms with Crippen LogP contribution in [-0.4, -0.2) is 33.1 Å². The maximum atomic E-state index is 12.7. The molecule has 0 atom stereocenters. The molecule has 4 rings (SSSR count). The molecule has 0 saturated carbocycles. The molecule has 0 unspecified atom stereocenters. The number of amides is 2. The molecule has 0 radical (unpaired) electrons. The Labute approximate surface area is 190 Å². The third-order valence-electron chi connectivity index (χ3n) is 4.98. The monoisotopic (exact) mass is 446 g/mol. The van der Waals surface area contributed by atoms with Crippen LogP contribution in [0.3, 0.4) is 0 Å². The van der Waals surface area contributed by atoms with Crippen molar-refractivity contribution < 1.29 is 28.2 Å². The highest BCUT2D eigenvalue weighted by molar-refractivity contribution is 6.06. The molecule has 8 nitrogen and oxygen atoms in total. The molecular formula is C25H22N2O6. The van der Waals surface area contributed by atoms with E-state index in [4.69, 9.17) is 18.6 Å². The highest BCUT2D eigenvalue weighted by atomic mass is 16.5. The van der Waals surface area contributed by atoms with E-state index >= 15 is 0 Å². The molecule has 2 N–H and O–H groups in total. The van der Waals surface area contributed by atoms with Gasteiger partial charge in [-0.3, -0.25) is 9.59 Å². The number of benzene rings is 3. The molecule has 33 heavy (non-hydrogen) atoms. The molecule has 168 valence electrons. The van der Waals surface area contributed by atoms with Crippen molar-refractivity contribution in [3.05, 3.63) is 78.1 Å². The number of carbonyl (C=O) groups excluding carboxylic acids is 2. The molecule has 8 heteroatoms. The Morgan fingerprint density at radius 1 is 0.727 bits per heavy atom. The first-order chi connectivity index (χ1) is 16.0. The average molecular weight is 446 g/mol. The number of para-hydroxylation sites is 1. The van der Waals surface area contributed by atoms with E-state index in [1.54, 1.807) is 48.5 Å². The number of rotatable bonds is 7. The Morgan fingerprint density at radius 2 is 1.30 bits per heavy atom. The Bertz CT molecular complexity index is 1250. The Kier molecular flexibility index (Phi) is 6.17. The molecule has 0 aliphatic heterocycles. The van der Waals surface area contributed by atoms with Crippen molar-refractivity contribution in [2.75, 3.05) is 32.0 Å². The topological polar surface area (TPSA) is 99.0 Å². The summed E-state index contributed by atoms with van der Waals surface area (Å²) in [5.41, 5.74) is 2.10. The van der Waals surface area contributed by atoms with Crippen LogP contribution < -0.4 is 24.8 Å². The zero-order chi connectivity index (χ0) is 23.4. The summed E-state index contributed by atoms with van der Waals surface area (Å²) in [6.45, 7) is 0. The highest BCUT2D eigenvalue weighted by Crippen LogP contribution is 2.38. The van der Waals surface area contributed by atoms with Crippen LogP contribution in [-0.2, 0) is 0 Å². The summed E-state index contributed by atoms with van der Waals surface area (Å²) in [6, 6.07) is 19.0. The van der Waals surface area contributed by atoms with Gasteiger partial charge in [0.2, 0.25) is 5.75 Å². The molecule has 0 spiro atoms. The Balaban J connectivity index is 1.45. The van der Waals surface area contributed by atoms with Gasteiger partial charge in [-0.1, -0.05) is 18.2 Å². The minimum atomic E-state index is -0.361. The van der Waals surface area contributed by atoms with Crippen LogP contribution >= 0.6 is 0 Å². The normalized spacial score (nSPS) is 10.5. The fourth-order valence-corrected chi connectivity index (χ4v) is 3.34. The molecule has 1 heterocycles. The number of nitrogens with one attached hydrogen (secondary N) is 2. The van der Waals surface area contributed by atoms with Gasteiger partial charge in [-0.15, -0.1) is 0 Å². The first kappa shape index (κ1) is 21.8. The van der Waals surface area contributed by atoms with Gasteiger partial charge in [0.15, 0.2) is 17.3 Å². The van der Waals surface area contributed by atoms with E-state index in [1.165, 1.54) is 21.3 Å². The molecule has 2 amide bonds. The number of fused-ring (bicyclic) bond motifs is 1. The quantitative estimate of drug-likeness (QED) is 0.416. The van der Waals surface area contributed by atoms with Crippen molar-refractivity contribution in [3.63, 3.8) is 0 Å². The van der Waals surface area contributed by atoms with Crippen LogP contribution in [0.25, 0.3) is 11.0 Å². The van der Waals surface area contributed by atoms with E-state index in [9.17, 15) is 9.59 Å². The second-order valence-corrected chi connectivity index (χ2v) is 7.05. The molecule has 1 aromatic heterocycles. The van der Waals surface area contributed by atoms with Crippen LogP contribution in [0.2, 0.25) is 0 Å². The minimum absolute atomic E-state index is 0.218. The Hall–Kier alpha value is -4.46. The van der Waals surface area contributed by atoms with Gasteiger partial charge in [-0.25, -0.2) is 0 Å². The van der Waals surface area contributed by atoms with Crippen LogP contribution in [0.15, 0.2) is 71.1 Å². The zero-order valence-electron chi connectivity index (χ0n) is 18.3. The second-order valence-electron chi connectivity index (χ2n) is 7.05. The van der Waals surface area contributed by atoms with Crippen molar-refractivity contribution >= 4 is 34.2 Å². The van der Waals surface area contributed by atoms with E-state index in [1.807, 2.05) is 18.2 Å². The molecule has 0 bridgehead atoms. The van der Waals surface area contributed by atoms with Crippen LogP contribution in [0.4, 0.5) is 11.4 Å². The number of methoxy groups -OCH3 is 3. The fourth-order valence-electron chi connectivity index (χ4n) is 3.34. The molecule has 3 aromatic carbocycles. The summed E-state index contributed by atoms with van der Waals surface area (Å²) in [7, 11) is 4.46. The van der Waals surface area contributed by atoms with E-state index in [0.717, 1.165) is 5.39 Å². The number of anilines is 2. The van der Waals surface area contributed by atoms with E-state index in [2.05, 4.69) is 10.6 Å². The number of hydrogen-bond donors (Lipinski definition) is 2. The second kappa shape index (κ2) is 9.35. The van der Waals surface area contributed by atoms with Crippen molar-refractivity contribution in [3.8, 4) is 17.2 Å². The smallest absolute Gasteiger partial charge is 0.291 e. The third-order valence-corrected chi connectivity index (χ3v) is 4.98. The van der Waals surface area contributed by atoms with Crippen LogP contribution in [0.1, 0.15) is 20.9 Å². The maximum Gasteiger partial charge on any atom is 0.291 e. The zero-order valence-corrected chi connectivity index (χ0v) is 18.3. The lowest BCUT2D eigenvalue weighted by molar-refractivity contribution is 0.0996. The van der Waals surface area contributed by atoms with Gasteiger partial charge in [0, 0.05) is 22.3 Å². The fraction of sp³-hybridized carbons (Fsp3) is 0.120. The summed E-state index contributed by atoms with van der Waals surface area (Å²) < 4.78 is 21.5. The number of furan rings is 1. The lowest BCUT2D eigenvalue weighted by Crippen LogP contribution is -2.13. The van der Waals surface area contributed by atoms with E-state index in [0.29, 0.717) is 39.8 Å². The summed E-state index contributed by atoms with van der Waals surface area (Å²) in [5.74, 6) is 0.669. The van der Waals surface area contributed by atoms with Crippen molar-refractivity contribution in [2.24, 2.45) is 0 Å². The van der Waals surface area contributed by atoms with Gasteiger partial charge in [0.1, 0.15) is 5.58 Å². The molecule has 0 aliphatic rings. The predicted molar refractivity (Wildman–Crippen MR) is 125 cm³/mol. The van der Waals surface area contributed by atoms with Crippen molar-refractivity contribution in [1.29, 1.82) is 0 Å². The molecule has 0 aliphatic carbocycles. The van der Waals surface area contributed by atoms with Gasteiger partial charge in [-0.2, -0.15) is 0 Å². The van der Waals surface area contributed by atoms with Crippen LogP contribution in [0, 0.1) is 0 Å². The van der Waals surface area contributed by atoms with Gasteiger partial charge >= 0.3 is 0 Å². The summed E-state index contributed by atoms with van der Waals surface area (Å²) in [5, 5.41) is 6.44. The van der Waals surface area contributed by atoms with Crippen molar-refractivity contribution in [2.45, 2.75) is 0 Å². The minimum Gasteiger partial charge on any atom is -0.493 e. The van der Waals surface area contributed by atoms with E-state index < -0.39 is 0 Å². The number of carbonyl (C=O) groups is 2. The van der Waals surface area contributed by atoms with Crippen molar-refractivity contribution in [1.82, 2.24) is 0 Å². The van der Waals surface area contributed by atoms with E-state index in [-0.39, 0.29) is 17.6 Å². The third kappa shape index (κ3) is 4.59. The lowest BCUT2D eigenvalue weighted by Gasteiger charge is -2.14. The lowest BCUT2D eigenvalue weighted by atomic mass is 10.1. The van der Waals surface area contributed by atoms with Gasteiger partial charge in [0.25, 0.3) is 11.8 Å². The molecule has 4 aromatic rings. The summed E-state index contributed by atoms with van der Waals surface area (Å²) in [6.07, 6.45) is 0. The Morgan fingerprint density at radius 3 is 1.85 bits per heavy atom. The standard InChI is InChI=1S/C25H22N2O6/c1-30-20-13-16(14-21(31-2)23(20)32-3)24(28)26-17-8-10-18(11-9-17)27-25(29)22-12-15-6-4-5-7-19(15)33-22/h4-14H,1-3H3,(H,26,28)(H,27,29). The SMILES string of the molecule is COc1cc(C(=O)Nc2ccc(NC(=O)c3cc4ccccc4o3)cc2)cc(OC)c1OC. The number of ether oxygens (including phenoxy) is 3. The van der Waals surface area contributed by atoms with Gasteiger partial charge in [-0.05, 0) is 48.5 Å². The summed E-state index contributed by atoms with van der Waals surface area (Å²) in [4.78, 5) is 25.2. The summed E-state index contributed by atoms with van der Waals surface area (Å²) >= 11 is 0. The molecule has 0 fully saturated rings. The molecular weight excluding hydrogens is 424 g/mol. The first-order valence-corrected chi connectivity index (χ1v) is 10.0. The maximum absolute atomic E-state index is 12.7. The predicted octanol–water partition coefficient (Wildman–Crippen LogP) is 4.96. The highest BCUT2D eigenvalue weighted by Gasteiger charge is 2.17.